The molecule has 0 unspecified atom stereocenters. The largest absolute Gasteiger partial charge is 0.241 e. The molecule has 90 valence electrons. The second kappa shape index (κ2) is 4.34. The molecule has 3 rings (SSSR count). The van der Waals surface area contributed by atoms with E-state index in [1.165, 1.54) is 0 Å². The van der Waals surface area contributed by atoms with Gasteiger partial charge in [-0.15, -0.1) is 0 Å². The maximum Gasteiger partial charge on any atom is 0.139 e. The van der Waals surface area contributed by atoms with Gasteiger partial charge in [-0.3, -0.25) is 0 Å². The minimum absolute atomic E-state index is 0.456. The molecule has 0 amide bonds. The molecule has 1 aromatic carbocycles. The lowest BCUT2D eigenvalue weighted by Gasteiger charge is -2.08. The molecule has 0 saturated heterocycles. The number of benzene rings is 1. The average molecular weight is 342 g/mol. The predicted molar refractivity (Wildman–Crippen MR) is 79.5 cm³/mol. The van der Waals surface area contributed by atoms with Gasteiger partial charge in [-0.2, -0.15) is 0 Å². The maximum atomic E-state index is 6.24. The van der Waals surface area contributed by atoms with Crippen molar-refractivity contribution in [1.29, 1.82) is 0 Å². The highest BCUT2D eigenvalue weighted by Crippen LogP contribution is 2.34. The van der Waals surface area contributed by atoms with Crippen LogP contribution in [0.5, 0.6) is 0 Å². The van der Waals surface area contributed by atoms with Gasteiger partial charge >= 0.3 is 0 Å². The van der Waals surface area contributed by atoms with Gasteiger partial charge in [0.05, 0.1) is 5.52 Å². The number of rotatable bonds is 0. The Labute approximate surface area is 122 Å². The SMILES string of the molecule is Cc1cc2nc(Cl)c3ccc(Br)cc3c2c(Cl)n1. The summed E-state index contributed by atoms with van der Waals surface area (Å²) in [5.41, 5.74) is 1.59. The van der Waals surface area contributed by atoms with E-state index in [2.05, 4.69) is 25.9 Å². The van der Waals surface area contributed by atoms with Crippen LogP contribution in [-0.4, -0.2) is 9.97 Å². The lowest BCUT2D eigenvalue weighted by Crippen LogP contribution is -1.90. The topological polar surface area (TPSA) is 25.8 Å². The number of halogens is 3. The maximum absolute atomic E-state index is 6.24. The van der Waals surface area contributed by atoms with Crippen LogP contribution < -0.4 is 0 Å². The zero-order valence-corrected chi connectivity index (χ0v) is 12.4. The first-order chi connectivity index (χ1) is 8.56. The van der Waals surface area contributed by atoms with Crippen LogP contribution in [0.4, 0.5) is 0 Å². The van der Waals surface area contributed by atoms with Gasteiger partial charge in [0.2, 0.25) is 0 Å². The summed E-state index contributed by atoms with van der Waals surface area (Å²) < 4.78 is 0.968. The quantitative estimate of drug-likeness (QED) is 0.417. The molecular weight excluding hydrogens is 335 g/mol. The molecular formula is C13H7BrCl2N2. The summed E-state index contributed by atoms with van der Waals surface area (Å²) in [4.78, 5) is 8.66. The molecule has 2 heterocycles. The predicted octanol–water partition coefficient (Wildman–Crippen LogP) is 5.16. The van der Waals surface area contributed by atoms with Crippen LogP contribution in [0, 0.1) is 6.92 Å². The van der Waals surface area contributed by atoms with Crippen LogP contribution in [0.1, 0.15) is 5.69 Å². The van der Waals surface area contributed by atoms with Crippen LogP contribution in [-0.2, 0) is 0 Å². The fourth-order valence-corrected chi connectivity index (χ4v) is 2.97. The molecule has 5 heteroatoms. The third-order valence-electron chi connectivity index (χ3n) is 2.77. The molecule has 2 aromatic heterocycles. The van der Waals surface area contributed by atoms with Crippen molar-refractivity contribution in [3.63, 3.8) is 0 Å². The molecule has 2 nitrogen and oxygen atoms in total. The molecule has 0 aliphatic rings. The number of aromatic nitrogens is 2. The fourth-order valence-electron chi connectivity index (χ4n) is 2.03. The Hall–Kier alpha value is -0.900. The van der Waals surface area contributed by atoms with E-state index in [4.69, 9.17) is 23.2 Å². The molecule has 0 radical (unpaired) electrons. The van der Waals surface area contributed by atoms with Crippen LogP contribution >= 0.6 is 39.1 Å². The van der Waals surface area contributed by atoms with Crippen LogP contribution in [0.2, 0.25) is 10.3 Å². The second-order valence-corrected chi connectivity index (χ2v) is 5.67. The van der Waals surface area contributed by atoms with Gasteiger partial charge in [0, 0.05) is 20.9 Å². The fraction of sp³-hybridized carbons (Fsp3) is 0.0769. The Kier molecular flexibility index (Phi) is 2.93. The van der Waals surface area contributed by atoms with E-state index < -0.39 is 0 Å². The minimum Gasteiger partial charge on any atom is -0.241 e. The van der Waals surface area contributed by atoms with Gasteiger partial charge in [0.25, 0.3) is 0 Å². The normalized spacial score (nSPS) is 11.3. The molecule has 0 bridgehead atoms. The number of nitrogens with zero attached hydrogens (tertiary/aromatic N) is 2. The van der Waals surface area contributed by atoms with Gasteiger partial charge < -0.3 is 0 Å². The highest BCUT2D eigenvalue weighted by atomic mass is 79.9. The Morgan fingerprint density at radius 2 is 1.78 bits per heavy atom. The Morgan fingerprint density at radius 1 is 1.00 bits per heavy atom. The third-order valence-corrected chi connectivity index (χ3v) is 3.83. The summed E-state index contributed by atoms with van der Waals surface area (Å²) in [6, 6.07) is 7.71. The summed E-state index contributed by atoms with van der Waals surface area (Å²) in [5.74, 6) is 0. The monoisotopic (exact) mass is 340 g/mol. The lowest BCUT2D eigenvalue weighted by atomic mass is 10.1. The van der Waals surface area contributed by atoms with Crippen LogP contribution in [0.15, 0.2) is 28.7 Å². The Balaban J connectivity index is 2.62. The summed E-state index contributed by atoms with van der Waals surface area (Å²) in [6.07, 6.45) is 0. The summed E-state index contributed by atoms with van der Waals surface area (Å²) in [6.45, 7) is 1.88. The number of aryl methyl sites for hydroxylation is 1. The Morgan fingerprint density at radius 3 is 2.56 bits per heavy atom. The minimum atomic E-state index is 0.456. The molecule has 0 fully saturated rings. The second-order valence-electron chi connectivity index (χ2n) is 4.04. The standard InChI is InChI=1S/C13H7BrCl2N2/c1-6-4-10-11(13(16)17-6)9-5-7(14)2-3-8(9)12(15)18-10/h2-5H,1H3. The van der Waals surface area contributed by atoms with Crippen molar-refractivity contribution in [2.24, 2.45) is 0 Å². The van der Waals surface area contributed by atoms with Crippen molar-refractivity contribution >= 4 is 60.8 Å². The van der Waals surface area contributed by atoms with Crippen molar-refractivity contribution in [1.82, 2.24) is 9.97 Å². The van der Waals surface area contributed by atoms with Gasteiger partial charge in [-0.05, 0) is 30.5 Å². The highest BCUT2D eigenvalue weighted by Gasteiger charge is 2.11. The first-order valence-corrected chi connectivity index (χ1v) is 6.83. The molecule has 0 aliphatic carbocycles. The molecule has 3 aromatic rings. The van der Waals surface area contributed by atoms with Crippen LogP contribution in [0.25, 0.3) is 21.7 Å². The highest BCUT2D eigenvalue weighted by molar-refractivity contribution is 9.10. The first kappa shape index (κ1) is 12.2. The molecule has 0 saturated carbocycles. The van der Waals surface area contributed by atoms with Crippen molar-refractivity contribution < 1.29 is 0 Å². The summed E-state index contributed by atoms with van der Waals surface area (Å²) in [5, 5.41) is 3.60. The van der Waals surface area contributed by atoms with Crippen molar-refractivity contribution in [2.75, 3.05) is 0 Å². The van der Waals surface area contributed by atoms with Crippen LogP contribution in [0.3, 0.4) is 0 Å². The van der Waals surface area contributed by atoms with Crippen molar-refractivity contribution in [2.45, 2.75) is 6.92 Å². The van der Waals surface area contributed by atoms with E-state index in [9.17, 15) is 0 Å². The van der Waals surface area contributed by atoms with Crippen molar-refractivity contribution in [3.8, 4) is 0 Å². The molecule has 18 heavy (non-hydrogen) atoms. The van der Waals surface area contributed by atoms with Gasteiger partial charge in [0.1, 0.15) is 10.3 Å². The number of pyridine rings is 2. The summed E-state index contributed by atoms with van der Waals surface area (Å²) >= 11 is 15.9. The molecule has 0 aliphatic heterocycles. The van der Waals surface area contributed by atoms with E-state index in [0.717, 1.165) is 31.8 Å². The first-order valence-electron chi connectivity index (χ1n) is 5.28. The van der Waals surface area contributed by atoms with E-state index in [-0.39, 0.29) is 0 Å². The van der Waals surface area contributed by atoms with E-state index >= 15 is 0 Å². The van der Waals surface area contributed by atoms with E-state index in [0.29, 0.717) is 10.3 Å². The zero-order chi connectivity index (χ0) is 12.9. The number of fused-ring (bicyclic) bond motifs is 3. The van der Waals surface area contributed by atoms with Crippen molar-refractivity contribution in [3.05, 3.63) is 44.7 Å². The average Bonchev–Trinajstić information content (AvgIpc) is 2.27. The van der Waals surface area contributed by atoms with E-state index in [1.807, 2.05) is 31.2 Å². The molecule has 0 atom stereocenters. The smallest absolute Gasteiger partial charge is 0.139 e. The number of hydrogen-bond acceptors (Lipinski definition) is 2. The molecule has 0 N–H and O–H groups in total. The van der Waals surface area contributed by atoms with E-state index in [1.54, 1.807) is 0 Å². The third kappa shape index (κ3) is 1.87. The van der Waals surface area contributed by atoms with Gasteiger partial charge in [0.15, 0.2) is 0 Å². The molecule has 0 spiro atoms. The Bertz CT molecular complexity index is 787. The zero-order valence-electron chi connectivity index (χ0n) is 9.34. The van der Waals surface area contributed by atoms with Gasteiger partial charge in [-0.25, -0.2) is 9.97 Å². The lowest BCUT2D eigenvalue weighted by molar-refractivity contribution is 1.21. The van der Waals surface area contributed by atoms with Gasteiger partial charge in [-0.1, -0.05) is 45.2 Å². The summed E-state index contributed by atoms with van der Waals surface area (Å²) in [7, 11) is 0. The number of hydrogen-bond donors (Lipinski definition) is 0.